The number of hydrogen-bond acceptors (Lipinski definition) is 12. The van der Waals surface area contributed by atoms with Gasteiger partial charge in [-0.25, -0.2) is 15.0 Å². The average Bonchev–Trinajstić information content (AvgIpc) is 3.94. The summed E-state index contributed by atoms with van der Waals surface area (Å²) in [4.78, 5) is 93.6. The number of anilines is 3. The molecular weight excluding hydrogens is 947 g/mol. The number of pyridine rings is 2. The van der Waals surface area contributed by atoms with Crippen molar-refractivity contribution in [2.45, 2.75) is 165 Å². The molecule has 9 aliphatic rings. The molecule has 8 fully saturated rings. The number of ether oxygens (including phenoxy) is 1. The SMILES string of the molecule is CC(C)n1cnc2cc(-c3ccc4c(c3)N(C3CC(N5CC6CCC(C5)O6)C3)C(=O)C43CCN(C(=O)C4(C)CCN(C(=O)CC5CCN(c6ccc(C7CCC(=O)NC7=O)cn6)CC5)CC4)CC3)nc(NC3CC3)c21. The van der Waals surface area contributed by atoms with Gasteiger partial charge in [0.15, 0.2) is 5.82 Å². The van der Waals surface area contributed by atoms with Gasteiger partial charge in [-0.15, -0.1) is 0 Å². The molecule has 6 saturated heterocycles. The van der Waals surface area contributed by atoms with Crippen LogP contribution in [0.4, 0.5) is 17.3 Å². The molecule has 75 heavy (non-hydrogen) atoms. The molecule has 5 amide bonds. The number of hydrogen-bond donors (Lipinski definition) is 2. The molecule has 13 rings (SSSR count). The highest BCUT2D eigenvalue weighted by molar-refractivity contribution is 6.09. The van der Waals surface area contributed by atoms with E-state index in [4.69, 9.17) is 14.7 Å². The summed E-state index contributed by atoms with van der Waals surface area (Å²) in [5.41, 5.74) is 5.39. The number of morpholine rings is 1. The molecule has 4 aromatic rings. The van der Waals surface area contributed by atoms with Gasteiger partial charge in [0.2, 0.25) is 29.5 Å². The quantitative estimate of drug-likeness (QED) is 0.152. The number of benzene rings is 1. The number of nitrogens with one attached hydrogen (secondary N) is 2. The molecule has 0 radical (unpaired) electrons. The van der Waals surface area contributed by atoms with Crippen molar-refractivity contribution in [1.82, 2.24) is 39.5 Å². The van der Waals surface area contributed by atoms with Crippen LogP contribution in [0, 0.1) is 11.3 Å². The standard InChI is InChI=1S/C58H73N11O6/c1-35(2)68-34-60-47-30-46(62-53(52(47)68)61-39-6-7-39)37-4-11-45-48(27-37)69(41-28-40(29-41)67-32-42-8-9-43(33-67)75-42)56(74)58(45)18-24-66(25-19-58)55(73)57(3)16-22-65(23-17-57)51(71)26-36-14-20-64(21-15-36)49-12-5-38(31-59-49)44-10-13-50(70)63-54(44)72/h4-5,11-12,27,30-31,34-36,39-44H,6-10,13-26,28-29,32-33H2,1-3H3,(H,61,62)(H,63,70,72). The van der Waals surface area contributed by atoms with E-state index in [2.05, 4.69) is 79.9 Å². The first-order valence-electron chi connectivity index (χ1n) is 28.4. The summed E-state index contributed by atoms with van der Waals surface area (Å²) in [5.74, 6) is 1.68. The predicted octanol–water partition coefficient (Wildman–Crippen LogP) is 6.71. The van der Waals surface area contributed by atoms with E-state index in [-0.39, 0.29) is 53.5 Å². The van der Waals surface area contributed by atoms with Crippen LogP contribution >= 0.6 is 0 Å². The largest absolute Gasteiger partial charge is 0.372 e. The Kier molecular flexibility index (Phi) is 12.3. The Hall–Kier alpha value is -5.94. The third-order valence-corrected chi connectivity index (χ3v) is 19.2. The van der Waals surface area contributed by atoms with Crippen LogP contribution in [0.5, 0.6) is 0 Å². The summed E-state index contributed by atoms with van der Waals surface area (Å²) in [6.07, 6.45) is 16.3. The Labute approximate surface area is 439 Å². The number of imide groups is 1. The highest BCUT2D eigenvalue weighted by atomic mass is 16.5. The van der Waals surface area contributed by atoms with E-state index < -0.39 is 10.8 Å². The number of nitrogens with zero attached hydrogens (tertiary/aromatic N) is 9. The second-order valence-corrected chi connectivity index (χ2v) is 24.4. The fourth-order valence-electron chi connectivity index (χ4n) is 14.2. The van der Waals surface area contributed by atoms with Gasteiger partial charge in [0.1, 0.15) is 11.3 Å². The number of piperidine rings is 4. The van der Waals surface area contributed by atoms with Gasteiger partial charge in [-0.05, 0) is 133 Å². The van der Waals surface area contributed by atoms with Gasteiger partial charge >= 0.3 is 0 Å². The van der Waals surface area contributed by atoms with Gasteiger partial charge in [0.25, 0.3) is 0 Å². The topological polar surface area (TPSA) is 178 Å². The summed E-state index contributed by atoms with van der Waals surface area (Å²) in [5, 5.41) is 6.14. The van der Waals surface area contributed by atoms with E-state index in [0.29, 0.717) is 95.4 Å². The van der Waals surface area contributed by atoms with Crippen LogP contribution in [0.15, 0.2) is 48.9 Å². The zero-order valence-electron chi connectivity index (χ0n) is 44.0. The van der Waals surface area contributed by atoms with Crippen LogP contribution in [-0.4, -0.2) is 146 Å². The molecule has 1 spiro atoms. The maximum atomic E-state index is 15.4. The van der Waals surface area contributed by atoms with E-state index in [9.17, 15) is 19.2 Å². The minimum atomic E-state index is -0.703. The highest BCUT2D eigenvalue weighted by Crippen LogP contribution is 2.53. The van der Waals surface area contributed by atoms with Gasteiger partial charge in [-0.2, -0.15) is 0 Å². The lowest BCUT2D eigenvalue weighted by atomic mass is 9.72. The molecule has 2 bridgehead atoms. The molecule has 3 unspecified atom stereocenters. The smallest absolute Gasteiger partial charge is 0.238 e. The van der Waals surface area contributed by atoms with Gasteiger partial charge in [0, 0.05) is 112 Å². The summed E-state index contributed by atoms with van der Waals surface area (Å²) < 4.78 is 8.40. The summed E-state index contributed by atoms with van der Waals surface area (Å²) >= 11 is 0. The number of carbonyl (C=O) groups excluding carboxylic acids is 5. The van der Waals surface area contributed by atoms with Crippen LogP contribution in [-0.2, 0) is 34.1 Å². The van der Waals surface area contributed by atoms with Gasteiger partial charge in [0.05, 0.1) is 41.1 Å². The van der Waals surface area contributed by atoms with E-state index in [1.54, 1.807) is 6.20 Å². The van der Waals surface area contributed by atoms with Crippen molar-refractivity contribution in [2.24, 2.45) is 11.3 Å². The Bertz CT molecular complexity index is 2890. The Morgan fingerprint density at radius 2 is 1.56 bits per heavy atom. The van der Waals surface area contributed by atoms with Crippen LogP contribution in [0.3, 0.4) is 0 Å². The van der Waals surface area contributed by atoms with Crippen molar-refractivity contribution in [3.05, 3.63) is 60.0 Å². The van der Waals surface area contributed by atoms with Crippen LogP contribution < -0.4 is 20.4 Å². The van der Waals surface area contributed by atoms with E-state index in [0.717, 1.165) is 128 Å². The fraction of sp³-hybridized carbons (Fsp3) is 0.621. The van der Waals surface area contributed by atoms with E-state index in [1.807, 2.05) is 28.3 Å². The molecule has 17 nitrogen and oxygen atoms in total. The number of amides is 5. The molecule has 3 atom stereocenters. The van der Waals surface area contributed by atoms with E-state index >= 15 is 4.79 Å². The lowest BCUT2D eigenvalue weighted by Crippen LogP contribution is -2.60. The summed E-state index contributed by atoms with van der Waals surface area (Å²) in [7, 11) is 0. The first kappa shape index (κ1) is 48.7. The third-order valence-electron chi connectivity index (χ3n) is 19.2. The maximum absolute atomic E-state index is 15.4. The molecule has 3 aromatic heterocycles. The van der Waals surface area contributed by atoms with E-state index in [1.165, 1.54) is 0 Å². The maximum Gasteiger partial charge on any atom is 0.238 e. The Balaban J connectivity index is 0.658. The minimum Gasteiger partial charge on any atom is -0.372 e. The van der Waals surface area contributed by atoms with Crippen molar-refractivity contribution >= 4 is 57.9 Å². The van der Waals surface area contributed by atoms with Crippen molar-refractivity contribution in [3.63, 3.8) is 0 Å². The monoisotopic (exact) mass is 1020 g/mol. The summed E-state index contributed by atoms with van der Waals surface area (Å²) in [6, 6.07) is 13.8. The zero-order chi connectivity index (χ0) is 51.3. The van der Waals surface area contributed by atoms with Crippen molar-refractivity contribution in [3.8, 4) is 11.3 Å². The molecule has 17 heteroatoms. The molecule has 10 heterocycles. The molecule has 2 N–H and O–H groups in total. The predicted molar refractivity (Wildman–Crippen MR) is 284 cm³/mol. The van der Waals surface area contributed by atoms with Gasteiger partial charge in [-0.3, -0.25) is 34.2 Å². The van der Waals surface area contributed by atoms with Crippen LogP contribution in [0.25, 0.3) is 22.3 Å². The number of fused-ring (bicyclic) bond motifs is 5. The number of rotatable bonds is 11. The first-order valence-corrected chi connectivity index (χ1v) is 28.4. The zero-order valence-corrected chi connectivity index (χ0v) is 44.0. The molecule has 7 aliphatic heterocycles. The first-order chi connectivity index (χ1) is 36.3. The lowest BCUT2D eigenvalue weighted by molar-refractivity contribution is -0.149. The summed E-state index contributed by atoms with van der Waals surface area (Å²) in [6.45, 7) is 12.2. The number of likely N-dealkylation sites (tertiary alicyclic amines) is 3. The van der Waals surface area contributed by atoms with Gasteiger partial charge in [-0.1, -0.05) is 25.1 Å². The van der Waals surface area contributed by atoms with Crippen molar-refractivity contribution in [1.29, 1.82) is 0 Å². The molecule has 2 saturated carbocycles. The second-order valence-electron chi connectivity index (χ2n) is 24.4. The minimum absolute atomic E-state index is 0.107. The van der Waals surface area contributed by atoms with Crippen molar-refractivity contribution < 1.29 is 28.7 Å². The highest BCUT2D eigenvalue weighted by Gasteiger charge is 2.57. The van der Waals surface area contributed by atoms with Gasteiger partial charge < -0.3 is 34.2 Å². The lowest BCUT2D eigenvalue weighted by Gasteiger charge is -2.49. The molecule has 1 aromatic carbocycles. The van der Waals surface area contributed by atoms with Crippen molar-refractivity contribution in [2.75, 3.05) is 67.5 Å². The second kappa shape index (κ2) is 19.0. The number of carbonyl (C=O) groups is 5. The Morgan fingerprint density at radius 3 is 2.24 bits per heavy atom. The number of aromatic nitrogens is 4. The molecule has 2 aliphatic carbocycles. The average molecular weight is 1020 g/mol. The third kappa shape index (κ3) is 8.86. The Morgan fingerprint density at radius 1 is 0.827 bits per heavy atom. The molecule has 396 valence electrons. The van der Waals surface area contributed by atoms with Crippen LogP contribution in [0.2, 0.25) is 0 Å². The fourth-order valence-corrected chi connectivity index (χ4v) is 14.2. The van der Waals surface area contributed by atoms with Crippen LogP contribution in [0.1, 0.15) is 140 Å². The molecular formula is C58H73N11O6. The normalized spacial score (nSPS) is 27.8. The number of imidazole rings is 1.